The number of hydrogen-bond acceptors (Lipinski definition) is 3. The van der Waals surface area contributed by atoms with E-state index in [9.17, 15) is 0 Å². The van der Waals surface area contributed by atoms with E-state index in [1.807, 2.05) is 6.07 Å². The van der Waals surface area contributed by atoms with Crippen LogP contribution in [-0.4, -0.2) is 0 Å². The summed E-state index contributed by atoms with van der Waals surface area (Å²) in [4.78, 5) is 2.32. The molecule has 3 nitrogen and oxygen atoms in total. The number of allylic oxidation sites excluding steroid dienone is 3. The minimum absolute atomic E-state index is 0.459. The van der Waals surface area contributed by atoms with E-state index < -0.39 is 5.41 Å². The third-order valence-electron chi connectivity index (χ3n) is 11.1. The number of rotatable bonds is 4. The van der Waals surface area contributed by atoms with Gasteiger partial charge in [0.15, 0.2) is 23.0 Å². The molecule has 0 N–H and O–H groups in total. The molecule has 0 unspecified atom stereocenters. The van der Waals surface area contributed by atoms with Gasteiger partial charge in [-0.05, 0) is 99.3 Å². The molecule has 11 rings (SSSR count). The Labute approximate surface area is 303 Å². The first kappa shape index (κ1) is 29.2. The van der Waals surface area contributed by atoms with Gasteiger partial charge in [0.05, 0.1) is 11.1 Å². The Hall–Kier alpha value is -6.58. The maximum atomic E-state index is 7.28. The fourth-order valence-corrected chi connectivity index (χ4v) is 9.05. The number of anilines is 2. The smallest absolute Gasteiger partial charge is 0.194 e. The third kappa shape index (κ3) is 4.02. The molecule has 1 spiro atoms. The molecule has 0 fully saturated rings. The molecule has 0 amide bonds. The van der Waals surface area contributed by atoms with Crippen molar-refractivity contribution in [1.29, 1.82) is 0 Å². The highest BCUT2D eigenvalue weighted by Gasteiger charge is 2.53. The molecule has 3 heteroatoms. The molecule has 4 aliphatic rings. The van der Waals surface area contributed by atoms with Crippen LogP contribution in [0.25, 0.3) is 33.4 Å². The fraction of sp³-hybridized carbons (Fsp3) is 0.0612. The molecule has 52 heavy (non-hydrogen) atoms. The van der Waals surface area contributed by atoms with Crippen molar-refractivity contribution >= 4 is 11.4 Å². The summed E-state index contributed by atoms with van der Waals surface area (Å²) in [7, 11) is 0. The second-order valence-corrected chi connectivity index (χ2v) is 13.9. The Morgan fingerprint density at radius 2 is 1.13 bits per heavy atom. The van der Waals surface area contributed by atoms with Crippen molar-refractivity contribution in [3.8, 4) is 56.4 Å². The van der Waals surface area contributed by atoms with Crippen molar-refractivity contribution in [2.45, 2.75) is 18.3 Å². The Morgan fingerprint density at radius 1 is 0.481 bits per heavy atom. The van der Waals surface area contributed by atoms with E-state index in [4.69, 9.17) is 9.47 Å². The van der Waals surface area contributed by atoms with Gasteiger partial charge in [-0.2, -0.15) is 0 Å². The number of benzene rings is 7. The lowest BCUT2D eigenvalue weighted by Crippen LogP contribution is -2.25. The van der Waals surface area contributed by atoms with Gasteiger partial charge in [-0.3, -0.25) is 0 Å². The molecule has 7 aromatic rings. The quantitative estimate of drug-likeness (QED) is 0.186. The van der Waals surface area contributed by atoms with Gasteiger partial charge >= 0.3 is 0 Å². The zero-order valence-corrected chi connectivity index (χ0v) is 28.4. The minimum Gasteiger partial charge on any atom is -0.449 e. The van der Waals surface area contributed by atoms with Crippen molar-refractivity contribution in [1.82, 2.24) is 0 Å². The van der Waals surface area contributed by atoms with Crippen LogP contribution in [0.4, 0.5) is 11.4 Å². The topological polar surface area (TPSA) is 21.7 Å². The zero-order chi connectivity index (χ0) is 34.2. The first-order chi connectivity index (χ1) is 25.8. The van der Waals surface area contributed by atoms with Crippen LogP contribution in [0, 0.1) is 0 Å². The van der Waals surface area contributed by atoms with Crippen molar-refractivity contribution < 1.29 is 9.47 Å². The lowest BCUT2D eigenvalue weighted by Gasteiger charge is -2.33. The molecule has 0 bridgehead atoms. The van der Waals surface area contributed by atoms with Gasteiger partial charge in [0, 0.05) is 16.9 Å². The average molecular weight is 668 g/mol. The van der Waals surface area contributed by atoms with Gasteiger partial charge in [-0.15, -0.1) is 0 Å². The molecule has 3 aliphatic carbocycles. The monoisotopic (exact) mass is 667 g/mol. The van der Waals surface area contributed by atoms with E-state index in [0.717, 1.165) is 52.5 Å². The lowest BCUT2D eigenvalue weighted by atomic mass is 9.70. The van der Waals surface area contributed by atoms with E-state index >= 15 is 0 Å². The van der Waals surface area contributed by atoms with Gasteiger partial charge in [0.1, 0.15) is 0 Å². The SMILES string of the molecule is C1=CC(N(c2cccc(-c3ccccc3)c2)c2cccc3c2Oc2c(ccc4c2-c2ccccc2C42c4ccccc4-c4ccccc42)O3)=CCC1. The molecular weight excluding hydrogens is 635 g/mol. The van der Waals surface area contributed by atoms with Crippen molar-refractivity contribution in [3.05, 3.63) is 204 Å². The second kappa shape index (κ2) is 11.2. The van der Waals surface area contributed by atoms with Crippen molar-refractivity contribution in [3.63, 3.8) is 0 Å². The summed E-state index contributed by atoms with van der Waals surface area (Å²) in [5.41, 5.74) is 14.9. The zero-order valence-electron chi connectivity index (χ0n) is 28.4. The molecule has 0 saturated heterocycles. The summed E-state index contributed by atoms with van der Waals surface area (Å²) in [5.74, 6) is 2.89. The number of nitrogens with zero attached hydrogens (tertiary/aromatic N) is 1. The van der Waals surface area contributed by atoms with Crippen molar-refractivity contribution in [2.24, 2.45) is 0 Å². The standard InChI is InChI=1S/C49H33NO2/c1-3-15-32(16-4-1)33-17-13-20-35(31-33)50(34-18-5-2-6-19-34)43-27-14-28-44-47(43)52-48-45(51-44)30-29-42-46(48)38-23-9-12-26-41(38)49(42)39-24-10-7-21-36(39)37-22-8-11-25-40(37)49/h1,3-5,7-31H,2,6H2. The molecule has 0 radical (unpaired) electrons. The number of hydrogen-bond donors (Lipinski definition) is 0. The first-order valence-corrected chi connectivity index (χ1v) is 18.1. The molecule has 0 aromatic heterocycles. The third-order valence-corrected chi connectivity index (χ3v) is 11.1. The van der Waals surface area contributed by atoms with Crippen LogP contribution in [-0.2, 0) is 5.41 Å². The van der Waals surface area contributed by atoms with Crippen LogP contribution in [0.5, 0.6) is 23.0 Å². The summed E-state index contributed by atoms with van der Waals surface area (Å²) >= 11 is 0. The number of ether oxygens (including phenoxy) is 2. The molecule has 1 heterocycles. The largest absolute Gasteiger partial charge is 0.449 e. The summed E-state index contributed by atoms with van der Waals surface area (Å²) in [5, 5.41) is 0. The molecular formula is C49H33NO2. The van der Waals surface area contributed by atoms with E-state index in [0.29, 0.717) is 11.5 Å². The summed E-state index contributed by atoms with van der Waals surface area (Å²) in [6, 6.07) is 56.5. The van der Waals surface area contributed by atoms with Crippen LogP contribution >= 0.6 is 0 Å². The highest BCUT2D eigenvalue weighted by Crippen LogP contribution is 2.66. The van der Waals surface area contributed by atoms with E-state index in [1.54, 1.807) is 0 Å². The highest BCUT2D eigenvalue weighted by atomic mass is 16.6. The molecule has 0 saturated carbocycles. The maximum absolute atomic E-state index is 7.28. The molecule has 7 aromatic carbocycles. The van der Waals surface area contributed by atoms with Gasteiger partial charge in [-0.1, -0.05) is 140 Å². The molecule has 0 atom stereocenters. The van der Waals surface area contributed by atoms with Crippen LogP contribution in [0.1, 0.15) is 35.1 Å². The van der Waals surface area contributed by atoms with Crippen LogP contribution < -0.4 is 14.4 Å². The van der Waals surface area contributed by atoms with E-state index in [1.165, 1.54) is 44.5 Å². The Morgan fingerprint density at radius 3 is 1.88 bits per heavy atom. The van der Waals surface area contributed by atoms with E-state index in [-0.39, 0.29) is 0 Å². The minimum atomic E-state index is -0.459. The Balaban J connectivity index is 1.12. The first-order valence-electron chi connectivity index (χ1n) is 18.1. The Bertz CT molecular complexity index is 2600. The van der Waals surface area contributed by atoms with Gasteiger partial charge in [0.25, 0.3) is 0 Å². The predicted molar refractivity (Wildman–Crippen MR) is 210 cm³/mol. The second-order valence-electron chi connectivity index (χ2n) is 13.9. The Kier molecular flexibility index (Phi) is 6.29. The average Bonchev–Trinajstić information content (AvgIpc) is 3.69. The van der Waals surface area contributed by atoms with Gasteiger partial charge in [-0.25, -0.2) is 0 Å². The fourth-order valence-electron chi connectivity index (χ4n) is 9.05. The predicted octanol–water partition coefficient (Wildman–Crippen LogP) is 13.0. The van der Waals surface area contributed by atoms with Crippen molar-refractivity contribution in [2.75, 3.05) is 4.90 Å². The van der Waals surface area contributed by atoms with Gasteiger partial charge < -0.3 is 14.4 Å². The normalized spacial score (nSPS) is 14.9. The van der Waals surface area contributed by atoms with Crippen LogP contribution in [0.2, 0.25) is 0 Å². The highest BCUT2D eigenvalue weighted by molar-refractivity contribution is 5.98. The number of fused-ring (bicyclic) bond motifs is 13. The summed E-state index contributed by atoms with van der Waals surface area (Å²) in [6.45, 7) is 0. The van der Waals surface area contributed by atoms with Crippen LogP contribution in [0.15, 0.2) is 182 Å². The van der Waals surface area contributed by atoms with Crippen LogP contribution in [0.3, 0.4) is 0 Å². The summed E-state index contributed by atoms with van der Waals surface area (Å²) in [6.07, 6.45) is 8.80. The van der Waals surface area contributed by atoms with E-state index in [2.05, 4.69) is 175 Å². The number of para-hydroxylation sites is 1. The lowest BCUT2D eigenvalue weighted by molar-refractivity contribution is 0.361. The molecule has 246 valence electrons. The van der Waals surface area contributed by atoms with Gasteiger partial charge in [0.2, 0.25) is 0 Å². The summed E-state index contributed by atoms with van der Waals surface area (Å²) < 4.78 is 14.1. The molecule has 1 aliphatic heterocycles. The maximum Gasteiger partial charge on any atom is 0.194 e.